The van der Waals surface area contributed by atoms with Gasteiger partial charge in [-0.05, 0) is 30.5 Å². The third kappa shape index (κ3) is 3.76. The van der Waals surface area contributed by atoms with E-state index >= 15 is 0 Å². The summed E-state index contributed by atoms with van der Waals surface area (Å²) in [7, 11) is -3.50. The second-order valence-corrected chi connectivity index (χ2v) is 6.28. The van der Waals surface area contributed by atoms with Gasteiger partial charge in [0.25, 0.3) is 0 Å². The molecular weight excluding hydrogens is 264 g/mol. The SMILES string of the molecule is CCN(CCCO)S(=O)(=O)c1ccc(CN)cc1C. The molecular formula is C13H22N2O3S. The number of aliphatic hydroxyl groups excluding tert-OH is 1. The molecule has 0 aliphatic rings. The Labute approximate surface area is 115 Å². The Balaban J connectivity index is 3.11. The molecule has 0 unspecified atom stereocenters. The lowest BCUT2D eigenvalue weighted by atomic mass is 10.1. The number of sulfonamides is 1. The van der Waals surface area contributed by atoms with Gasteiger partial charge in [-0.2, -0.15) is 4.31 Å². The van der Waals surface area contributed by atoms with Crippen LogP contribution in [0, 0.1) is 6.92 Å². The Bertz CT molecular complexity index is 515. The molecule has 0 fully saturated rings. The zero-order valence-corrected chi connectivity index (χ0v) is 12.3. The Morgan fingerprint density at radius 1 is 1.37 bits per heavy atom. The monoisotopic (exact) mass is 286 g/mol. The summed E-state index contributed by atoms with van der Waals surface area (Å²) in [6.07, 6.45) is 0.438. The maximum absolute atomic E-state index is 12.5. The van der Waals surface area contributed by atoms with Crippen LogP contribution in [0.1, 0.15) is 24.5 Å². The normalized spacial score (nSPS) is 12.1. The first kappa shape index (κ1) is 16.1. The molecule has 0 radical (unpaired) electrons. The molecule has 0 saturated carbocycles. The molecule has 0 spiro atoms. The van der Waals surface area contributed by atoms with Gasteiger partial charge < -0.3 is 10.8 Å². The van der Waals surface area contributed by atoms with Crippen LogP contribution in [0.2, 0.25) is 0 Å². The van der Waals surface area contributed by atoms with E-state index in [-0.39, 0.29) is 6.61 Å². The topological polar surface area (TPSA) is 83.6 Å². The first-order chi connectivity index (χ1) is 8.97. The van der Waals surface area contributed by atoms with Crippen LogP contribution < -0.4 is 5.73 Å². The molecule has 0 atom stereocenters. The highest BCUT2D eigenvalue weighted by Gasteiger charge is 2.24. The molecule has 0 heterocycles. The van der Waals surface area contributed by atoms with Gasteiger partial charge in [-0.25, -0.2) is 8.42 Å². The summed E-state index contributed by atoms with van der Waals surface area (Å²) in [5.74, 6) is 0. The largest absolute Gasteiger partial charge is 0.396 e. The van der Waals surface area contributed by atoms with Crippen LogP contribution in [-0.4, -0.2) is 37.5 Å². The minimum atomic E-state index is -3.50. The van der Waals surface area contributed by atoms with Gasteiger partial charge >= 0.3 is 0 Å². The van der Waals surface area contributed by atoms with Gasteiger partial charge in [0.15, 0.2) is 0 Å². The van der Waals surface area contributed by atoms with Crippen molar-refractivity contribution < 1.29 is 13.5 Å². The smallest absolute Gasteiger partial charge is 0.243 e. The van der Waals surface area contributed by atoms with E-state index in [1.54, 1.807) is 32.0 Å². The van der Waals surface area contributed by atoms with Gasteiger partial charge in [0.05, 0.1) is 4.90 Å². The lowest BCUT2D eigenvalue weighted by molar-refractivity contribution is 0.271. The summed E-state index contributed by atoms with van der Waals surface area (Å²) in [4.78, 5) is 0.310. The summed E-state index contributed by atoms with van der Waals surface area (Å²) in [5, 5.41) is 8.83. The van der Waals surface area contributed by atoms with Crippen molar-refractivity contribution in [1.82, 2.24) is 4.31 Å². The molecule has 19 heavy (non-hydrogen) atoms. The molecule has 6 heteroatoms. The zero-order valence-electron chi connectivity index (χ0n) is 11.5. The van der Waals surface area contributed by atoms with Crippen LogP contribution in [0.3, 0.4) is 0 Å². The van der Waals surface area contributed by atoms with E-state index in [1.165, 1.54) is 4.31 Å². The zero-order chi connectivity index (χ0) is 14.5. The summed E-state index contributed by atoms with van der Waals surface area (Å²) in [6, 6.07) is 5.14. The van der Waals surface area contributed by atoms with Crippen LogP contribution in [0.5, 0.6) is 0 Å². The predicted molar refractivity (Wildman–Crippen MR) is 75.2 cm³/mol. The Hall–Kier alpha value is -0.950. The fraction of sp³-hybridized carbons (Fsp3) is 0.538. The van der Waals surface area contributed by atoms with Crippen molar-refractivity contribution in [2.24, 2.45) is 5.73 Å². The quantitative estimate of drug-likeness (QED) is 0.778. The van der Waals surface area contributed by atoms with Crippen molar-refractivity contribution in [3.05, 3.63) is 29.3 Å². The standard InChI is InChI=1S/C13H22N2O3S/c1-3-15(7-4-8-16)19(17,18)13-6-5-12(10-14)9-11(13)2/h5-6,9,16H,3-4,7-8,10,14H2,1-2H3. The van der Waals surface area contributed by atoms with Gasteiger partial charge in [-0.1, -0.05) is 19.1 Å². The van der Waals surface area contributed by atoms with Crippen LogP contribution in [0.25, 0.3) is 0 Å². The Morgan fingerprint density at radius 3 is 2.53 bits per heavy atom. The molecule has 5 nitrogen and oxygen atoms in total. The van der Waals surface area contributed by atoms with Crippen molar-refractivity contribution in [3.63, 3.8) is 0 Å². The number of aliphatic hydroxyl groups is 1. The maximum Gasteiger partial charge on any atom is 0.243 e. The van der Waals surface area contributed by atoms with Gasteiger partial charge in [0, 0.05) is 26.2 Å². The Morgan fingerprint density at radius 2 is 2.05 bits per heavy atom. The van der Waals surface area contributed by atoms with Gasteiger partial charge in [-0.3, -0.25) is 0 Å². The number of nitrogens with two attached hydrogens (primary N) is 1. The van der Waals surface area contributed by atoms with Crippen molar-refractivity contribution in [3.8, 4) is 0 Å². The van der Waals surface area contributed by atoms with E-state index in [2.05, 4.69) is 0 Å². The second kappa shape index (κ2) is 7.00. The van der Waals surface area contributed by atoms with Crippen molar-refractivity contribution >= 4 is 10.0 Å². The molecule has 0 bridgehead atoms. The highest BCUT2D eigenvalue weighted by Crippen LogP contribution is 2.21. The summed E-state index contributed by atoms with van der Waals surface area (Å²) in [6.45, 7) is 4.65. The highest BCUT2D eigenvalue weighted by molar-refractivity contribution is 7.89. The molecule has 3 N–H and O–H groups in total. The maximum atomic E-state index is 12.5. The molecule has 0 amide bonds. The van der Waals surface area contributed by atoms with E-state index in [4.69, 9.17) is 10.8 Å². The van der Waals surface area contributed by atoms with Gasteiger partial charge in [-0.15, -0.1) is 0 Å². The minimum absolute atomic E-state index is 0.0168. The number of aryl methyl sites for hydroxylation is 1. The molecule has 0 saturated heterocycles. The van der Waals surface area contributed by atoms with Crippen LogP contribution >= 0.6 is 0 Å². The fourth-order valence-corrected chi connectivity index (χ4v) is 3.66. The number of hydrogen-bond donors (Lipinski definition) is 2. The van der Waals surface area contributed by atoms with Gasteiger partial charge in [0.1, 0.15) is 0 Å². The van der Waals surface area contributed by atoms with Crippen molar-refractivity contribution in [1.29, 1.82) is 0 Å². The first-order valence-electron chi connectivity index (χ1n) is 6.38. The lowest BCUT2D eigenvalue weighted by Crippen LogP contribution is -2.32. The van der Waals surface area contributed by atoms with Crippen LogP contribution in [0.15, 0.2) is 23.1 Å². The minimum Gasteiger partial charge on any atom is -0.396 e. The molecule has 108 valence electrons. The summed E-state index contributed by atoms with van der Waals surface area (Å²) >= 11 is 0. The third-order valence-electron chi connectivity index (χ3n) is 3.01. The molecule has 0 aliphatic carbocycles. The van der Waals surface area contributed by atoms with E-state index in [9.17, 15) is 8.42 Å². The number of hydrogen-bond acceptors (Lipinski definition) is 4. The average Bonchev–Trinajstić information content (AvgIpc) is 2.38. The highest BCUT2D eigenvalue weighted by atomic mass is 32.2. The Kier molecular flexibility index (Phi) is 5.93. The van der Waals surface area contributed by atoms with E-state index in [1.807, 2.05) is 0 Å². The van der Waals surface area contributed by atoms with Crippen LogP contribution in [-0.2, 0) is 16.6 Å². The molecule has 0 aliphatic heterocycles. The molecule has 1 aromatic rings. The fourth-order valence-electron chi connectivity index (χ4n) is 1.96. The number of nitrogens with zero attached hydrogens (tertiary/aromatic N) is 1. The van der Waals surface area contributed by atoms with E-state index < -0.39 is 10.0 Å². The first-order valence-corrected chi connectivity index (χ1v) is 7.82. The van der Waals surface area contributed by atoms with Gasteiger partial charge in [0.2, 0.25) is 10.0 Å². The molecule has 1 aromatic carbocycles. The predicted octanol–water partition coefficient (Wildman–Crippen LogP) is 0.847. The lowest BCUT2D eigenvalue weighted by Gasteiger charge is -2.21. The third-order valence-corrected chi connectivity index (χ3v) is 5.15. The molecule has 1 rings (SSSR count). The number of rotatable bonds is 7. The van der Waals surface area contributed by atoms with Crippen molar-refractivity contribution in [2.75, 3.05) is 19.7 Å². The number of benzene rings is 1. The summed E-state index contributed by atoms with van der Waals surface area (Å²) < 4.78 is 26.4. The van der Waals surface area contributed by atoms with E-state index in [0.717, 1.165) is 5.56 Å². The molecule has 0 aromatic heterocycles. The summed E-state index contributed by atoms with van der Waals surface area (Å²) in [5.41, 5.74) is 7.15. The average molecular weight is 286 g/mol. The van der Waals surface area contributed by atoms with E-state index in [0.29, 0.717) is 36.5 Å². The second-order valence-electron chi connectivity index (χ2n) is 4.38. The van der Waals surface area contributed by atoms with Crippen molar-refractivity contribution in [2.45, 2.75) is 31.7 Å². The van der Waals surface area contributed by atoms with Crippen LogP contribution in [0.4, 0.5) is 0 Å².